The van der Waals surface area contributed by atoms with Crippen LogP contribution in [0.15, 0.2) is 12.2 Å². The smallest absolute Gasteiger partial charge is 0.189 e. The Bertz CT molecular complexity index is 699. The van der Waals surface area contributed by atoms with Crippen LogP contribution in [0, 0.1) is 0 Å². The van der Waals surface area contributed by atoms with Crippen LogP contribution in [0.25, 0.3) is 0 Å². The van der Waals surface area contributed by atoms with Gasteiger partial charge in [0.2, 0.25) is 0 Å². The second-order valence-corrected chi connectivity index (χ2v) is 12.6. The van der Waals surface area contributed by atoms with Crippen LogP contribution >= 0.6 is 0 Å². The fourth-order valence-electron chi connectivity index (χ4n) is 5.58. The number of hydrogen-bond acceptors (Lipinski definition) is 6. The van der Waals surface area contributed by atoms with Crippen LogP contribution in [0.2, 0.25) is 0 Å². The number of carbonyl (C=O) groups is 3. The molecule has 3 N–H and O–H groups in total. The summed E-state index contributed by atoms with van der Waals surface area (Å²) in [5.74, 6) is -2.19. The van der Waals surface area contributed by atoms with Crippen LogP contribution in [0.5, 0.6) is 0 Å². The van der Waals surface area contributed by atoms with Crippen LogP contribution in [0.3, 0.4) is 0 Å². The Hall–Kier alpha value is -1.37. The van der Waals surface area contributed by atoms with Gasteiger partial charge < -0.3 is 15.3 Å². The molecule has 43 heavy (non-hydrogen) atoms. The Kier molecular flexibility index (Phi) is 27.2. The number of unbranched alkanes of at least 4 members (excludes halogenated alkanes) is 19. The lowest BCUT2D eigenvalue weighted by atomic mass is 9.78. The van der Waals surface area contributed by atoms with Gasteiger partial charge in [-0.05, 0) is 44.9 Å². The Balaban J connectivity index is 4.76. The second kappa shape index (κ2) is 28.1. The van der Waals surface area contributed by atoms with Crippen molar-refractivity contribution < 1.29 is 29.7 Å². The van der Waals surface area contributed by atoms with Gasteiger partial charge in [0, 0.05) is 19.3 Å². The number of ketones is 3. The van der Waals surface area contributed by atoms with Gasteiger partial charge in [-0.1, -0.05) is 136 Å². The summed E-state index contributed by atoms with van der Waals surface area (Å²) in [5, 5.41) is 33.1. The summed E-state index contributed by atoms with van der Waals surface area (Å²) in [6.45, 7) is 6.43. The number of carbonyl (C=O) groups excluding carboxylic acids is 3. The highest BCUT2D eigenvalue weighted by Gasteiger charge is 2.53. The maximum atomic E-state index is 13.2. The maximum absolute atomic E-state index is 13.2. The topological polar surface area (TPSA) is 112 Å². The first-order valence-corrected chi connectivity index (χ1v) is 18.1. The molecule has 6 nitrogen and oxygen atoms in total. The van der Waals surface area contributed by atoms with Crippen molar-refractivity contribution in [1.82, 2.24) is 0 Å². The first-order chi connectivity index (χ1) is 20.8. The third-order valence-corrected chi connectivity index (χ3v) is 8.61. The summed E-state index contributed by atoms with van der Waals surface area (Å²) in [7, 11) is 0. The molecule has 2 atom stereocenters. The largest absolute Gasteiger partial charge is 0.382 e. The van der Waals surface area contributed by atoms with Gasteiger partial charge in [-0.2, -0.15) is 0 Å². The van der Waals surface area contributed by atoms with E-state index < -0.39 is 35.2 Å². The summed E-state index contributed by atoms with van der Waals surface area (Å²) in [4.78, 5) is 38.9. The Labute approximate surface area is 264 Å². The zero-order valence-electron chi connectivity index (χ0n) is 28.3. The van der Waals surface area contributed by atoms with E-state index in [1.165, 1.54) is 38.5 Å². The van der Waals surface area contributed by atoms with Crippen molar-refractivity contribution in [3.05, 3.63) is 12.2 Å². The van der Waals surface area contributed by atoms with Crippen LogP contribution < -0.4 is 0 Å². The summed E-state index contributed by atoms with van der Waals surface area (Å²) in [6.07, 6.45) is 23.5. The van der Waals surface area contributed by atoms with Crippen molar-refractivity contribution in [2.45, 2.75) is 206 Å². The molecule has 6 heteroatoms. The van der Waals surface area contributed by atoms with Gasteiger partial charge >= 0.3 is 0 Å². The zero-order valence-corrected chi connectivity index (χ0v) is 28.3. The number of Topliss-reactive ketones (excluding diaryl/α,β-unsaturated/α-hetero) is 3. The second-order valence-electron chi connectivity index (χ2n) is 12.6. The van der Waals surface area contributed by atoms with E-state index in [1.807, 2.05) is 0 Å². The third kappa shape index (κ3) is 19.6. The van der Waals surface area contributed by atoms with Gasteiger partial charge in [-0.25, -0.2) is 0 Å². The Morgan fingerprint density at radius 2 is 0.791 bits per heavy atom. The lowest BCUT2D eigenvalue weighted by molar-refractivity contribution is -0.181. The normalized spacial score (nSPS) is 14.6. The van der Waals surface area contributed by atoms with Gasteiger partial charge in [0.15, 0.2) is 35.2 Å². The third-order valence-electron chi connectivity index (χ3n) is 8.61. The fourth-order valence-corrected chi connectivity index (χ4v) is 5.58. The number of hydrogen-bond donors (Lipinski definition) is 3. The van der Waals surface area contributed by atoms with Gasteiger partial charge in [-0.3, -0.25) is 14.4 Å². The highest BCUT2D eigenvalue weighted by Crippen LogP contribution is 2.26. The summed E-state index contributed by atoms with van der Waals surface area (Å²) in [6, 6.07) is 0. The molecule has 0 heterocycles. The average Bonchev–Trinajstić information content (AvgIpc) is 3.01. The van der Waals surface area contributed by atoms with E-state index in [1.54, 1.807) is 0 Å². The lowest BCUT2D eigenvalue weighted by Crippen LogP contribution is -2.63. The Morgan fingerprint density at radius 3 is 1.16 bits per heavy atom. The van der Waals surface area contributed by atoms with Crippen molar-refractivity contribution in [2.24, 2.45) is 0 Å². The average molecular weight is 609 g/mol. The van der Waals surface area contributed by atoms with Gasteiger partial charge in [0.1, 0.15) is 0 Å². The minimum atomic E-state index is -2.79. The number of allylic oxidation sites excluding steroid dienone is 2. The molecule has 0 spiro atoms. The highest BCUT2D eigenvalue weighted by molar-refractivity contribution is 6.01. The van der Waals surface area contributed by atoms with E-state index in [0.717, 1.165) is 89.9 Å². The maximum Gasteiger partial charge on any atom is 0.189 e. The first-order valence-electron chi connectivity index (χ1n) is 18.1. The van der Waals surface area contributed by atoms with Crippen molar-refractivity contribution >= 4 is 17.3 Å². The molecule has 0 saturated carbocycles. The van der Waals surface area contributed by atoms with Crippen molar-refractivity contribution in [3.8, 4) is 0 Å². The molecular formula is C37H68O6. The molecule has 0 aliphatic carbocycles. The fraction of sp³-hybridized carbons (Fsp3) is 0.865. The zero-order chi connectivity index (χ0) is 32.2. The SMILES string of the molecule is CCCCCCCCC=CCCCCCCCC(=O)C(O)(C(O)C(=O)CCCCCCC)C(O)C(=O)CCCCCCC. The minimum Gasteiger partial charge on any atom is -0.382 e. The van der Waals surface area contributed by atoms with Gasteiger partial charge in [-0.15, -0.1) is 0 Å². The molecular weight excluding hydrogens is 540 g/mol. The summed E-state index contributed by atoms with van der Waals surface area (Å²) in [5.41, 5.74) is -2.79. The molecule has 0 saturated heterocycles. The van der Waals surface area contributed by atoms with Crippen LogP contribution in [0.1, 0.15) is 188 Å². The van der Waals surface area contributed by atoms with Crippen LogP contribution in [0.4, 0.5) is 0 Å². The van der Waals surface area contributed by atoms with Crippen molar-refractivity contribution in [1.29, 1.82) is 0 Å². The molecule has 0 fully saturated rings. The van der Waals surface area contributed by atoms with E-state index in [-0.39, 0.29) is 19.3 Å². The van der Waals surface area contributed by atoms with Crippen molar-refractivity contribution in [2.75, 3.05) is 0 Å². The van der Waals surface area contributed by atoms with E-state index in [9.17, 15) is 29.7 Å². The molecule has 0 aromatic heterocycles. The Morgan fingerprint density at radius 1 is 0.488 bits per heavy atom. The van der Waals surface area contributed by atoms with E-state index in [2.05, 4.69) is 32.9 Å². The van der Waals surface area contributed by atoms with Crippen molar-refractivity contribution in [3.63, 3.8) is 0 Å². The van der Waals surface area contributed by atoms with E-state index in [0.29, 0.717) is 19.3 Å². The molecule has 0 aromatic carbocycles. The first kappa shape index (κ1) is 41.6. The predicted molar refractivity (Wildman–Crippen MR) is 178 cm³/mol. The minimum absolute atomic E-state index is 0.00576. The molecule has 0 rings (SSSR count). The molecule has 0 aromatic rings. The van der Waals surface area contributed by atoms with E-state index in [4.69, 9.17) is 0 Å². The standard InChI is InChI=1S/C37H68O6/c1-4-7-10-13-14-15-16-17-18-19-20-21-22-25-28-31-34(40)37(43,35(41)32(38)29-26-23-11-8-5-2)36(42)33(39)30-27-24-12-9-6-3/h17-18,35-36,41-43H,4-16,19-31H2,1-3H3. The van der Waals surface area contributed by atoms with E-state index >= 15 is 0 Å². The number of aliphatic hydroxyl groups excluding tert-OH is 2. The molecule has 0 aliphatic rings. The van der Waals surface area contributed by atoms with Gasteiger partial charge in [0.25, 0.3) is 0 Å². The van der Waals surface area contributed by atoms with Crippen LogP contribution in [-0.2, 0) is 14.4 Å². The quantitative estimate of drug-likeness (QED) is 0.0519. The summed E-state index contributed by atoms with van der Waals surface area (Å²) >= 11 is 0. The molecule has 252 valence electrons. The molecule has 2 unspecified atom stereocenters. The molecule has 0 radical (unpaired) electrons. The summed E-state index contributed by atoms with van der Waals surface area (Å²) < 4.78 is 0. The highest BCUT2D eigenvalue weighted by atomic mass is 16.4. The van der Waals surface area contributed by atoms with Crippen LogP contribution in [-0.4, -0.2) is 50.5 Å². The lowest BCUT2D eigenvalue weighted by Gasteiger charge is -2.34. The molecule has 0 bridgehead atoms. The van der Waals surface area contributed by atoms with Gasteiger partial charge in [0.05, 0.1) is 0 Å². The molecule has 0 aliphatic heterocycles. The molecule has 0 amide bonds. The number of rotatable bonds is 32. The monoisotopic (exact) mass is 609 g/mol. The predicted octanol–water partition coefficient (Wildman–Crippen LogP) is 8.91. The number of aliphatic hydroxyl groups is 3.